The van der Waals surface area contributed by atoms with E-state index in [2.05, 4.69) is 22.1 Å². The van der Waals surface area contributed by atoms with E-state index in [1.54, 1.807) is 24.5 Å². The van der Waals surface area contributed by atoms with E-state index < -0.39 is 0 Å². The van der Waals surface area contributed by atoms with Crippen molar-refractivity contribution < 1.29 is 24.9 Å². The van der Waals surface area contributed by atoms with Gasteiger partial charge in [0.1, 0.15) is 5.78 Å². The molecule has 0 fully saturated rings. The quantitative estimate of drug-likeness (QED) is 0.404. The van der Waals surface area contributed by atoms with Gasteiger partial charge in [0.05, 0.1) is 0 Å². The summed E-state index contributed by atoms with van der Waals surface area (Å²) in [6.45, 7) is 3.40. The fraction of sp³-hybridized carbons (Fsp3) is 0.105. The summed E-state index contributed by atoms with van der Waals surface area (Å²) in [6.07, 6.45) is 3.34. The van der Waals surface area contributed by atoms with Gasteiger partial charge in [-0.25, -0.2) is 5.26 Å². The van der Waals surface area contributed by atoms with Crippen LogP contribution in [0.3, 0.4) is 0 Å². The van der Waals surface area contributed by atoms with Crippen molar-refractivity contribution in [2.75, 3.05) is 0 Å². The van der Waals surface area contributed by atoms with Crippen LogP contribution in [0.4, 0.5) is 0 Å². The van der Waals surface area contributed by atoms with Crippen LogP contribution in [0, 0.1) is 24.3 Å². The molecular formula is C19H15IrN3O-2. The summed E-state index contributed by atoms with van der Waals surface area (Å²) in [6, 6.07) is 18.2. The first kappa shape index (κ1) is 19.5. The van der Waals surface area contributed by atoms with E-state index in [1.807, 2.05) is 37.3 Å². The molecule has 5 heteroatoms. The van der Waals surface area contributed by atoms with Crippen LogP contribution in [0.25, 0.3) is 11.3 Å². The molecule has 0 saturated carbocycles. The van der Waals surface area contributed by atoms with Gasteiger partial charge in [-0.3, -0.25) is 9.78 Å². The Bertz CT molecular complexity index is 822. The molecule has 3 rings (SSSR count). The first-order chi connectivity index (χ1) is 11.1. The number of pyridine rings is 1. The molecule has 0 saturated heterocycles. The third kappa shape index (κ3) is 5.27. The second-order valence-electron chi connectivity index (χ2n) is 4.84. The number of aryl methyl sites for hydroxylation is 1. The molecule has 0 N–H and O–H groups in total. The third-order valence-electron chi connectivity index (χ3n) is 3.12. The van der Waals surface area contributed by atoms with Gasteiger partial charge in [-0.05, 0) is 19.1 Å². The van der Waals surface area contributed by atoms with Crippen LogP contribution in [0.2, 0.25) is 0 Å². The number of ketones is 1. The van der Waals surface area contributed by atoms with Crippen molar-refractivity contribution in [1.29, 1.82) is 5.26 Å². The summed E-state index contributed by atoms with van der Waals surface area (Å²) in [5.41, 5.74) is 3.77. The average Bonchev–Trinajstić information content (AvgIpc) is 3.12. The molecule has 0 spiro atoms. The smallest absolute Gasteiger partial charge is 0.138 e. The summed E-state index contributed by atoms with van der Waals surface area (Å²) < 4.78 is 0. The van der Waals surface area contributed by atoms with Gasteiger partial charge in [0, 0.05) is 32.0 Å². The molecule has 0 atom stereocenters. The topological polar surface area (TPSA) is 67.8 Å². The Morgan fingerprint density at radius 1 is 1.21 bits per heavy atom. The summed E-state index contributed by atoms with van der Waals surface area (Å²) >= 11 is 0. The zero-order valence-corrected chi connectivity index (χ0v) is 15.7. The predicted octanol–water partition coefficient (Wildman–Crippen LogP) is 3.57. The van der Waals surface area contributed by atoms with Crippen LogP contribution in [-0.2, 0) is 20.1 Å². The number of carbonyl (C=O) groups excluding carboxylic acids is 1. The molecule has 0 aliphatic carbocycles. The molecule has 123 valence electrons. The van der Waals surface area contributed by atoms with E-state index in [9.17, 15) is 4.79 Å². The first-order valence-electron chi connectivity index (χ1n) is 7.05. The van der Waals surface area contributed by atoms with Gasteiger partial charge < -0.3 is 4.98 Å². The molecule has 2 aromatic heterocycles. The van der Waals surface area contributed by atoms with Crippen LogP contribution in [0.5, 0.6) is 0 Å². The Labute approximate surface area is 154 Å². The van der Waals surface area contributed by atoms with E-state index in [1.165, 1.54) is 6.92 Å². The van der Waals surface area contributed by atoms with E-state index in [-0.39, 0.29) is 25.9 Å². The minimum Gasteiger partial charge on any atom is -0.661 e. The van der Waals surface area contributed by atoms with Crippen molar-refractivity contribution in [2.24, 2.45) is 0 Å². The molecule has 1 radical (unpaired) electrons. The predicted molar refractivity (Wildman–Crippen MR) is 87.7 cm³/mol. The summed E-state index contributed by atoms with van der Waals surface area (Å²) in [4.78, 5) is 18.4. The molecule has 24 heavy (non-hydrogen) atoms. The van der Waals surface area contributed by atoms with E-state index in [4.69, 9.17) is 5.26 Å². The minimum absolute atomic E-state index is 0. The molecule has 3 aromatic rings. The number of aromatic nitrogens is 2. The van der Waals surface area contributed by atoms with Gasteiger partial charge in [-0.1, -0.05) is 48.0 Å². The number of Topliss-reactive ketones (excluding diaryl/α,β-unsaturated/α-hetero) is 1. The molecule has 4 nitrogen and oxygen atoms in total. The zero-order valence-electron chi connectivity index (χ0n) is 13.3. The second-order valence-corrected chi connectivity index (χ2v) is 4.84. The molecule has 0 amide bonds. The third-order valence-corrected chi connectivity index (χ3v) is 3.12. The molecule has 0 aliphatic heterocycles. The van der Waals surface area contributed by atoms with Gasteiger partial charge in [0.2, 0.25) is 0 Å². The van der Waals surface area contributed by atoms with Gasteiger partial charge in [-0.2, -0.15) is 6.20 Å². The van der Waals surface area contributed by atoms with Crippen LogP contribution in [0.1, 0.15) is 28.5 Å². The minimum atomic E-state index is 0. The van der Waals surface area contributed by atoms with Gasteiger partial charge >= 0.3 is 0 Å². The number of nitrogens with zero attached hydrogens (tertiary/aromatic N) is 3. The maximum Gasteiger partial charge on any atom is 0.138 e. The van der Waals surface area contributed by atoms with Crippen LogP contribution < -0.4 is 4.98 Å². The number of nitriles is 1. The van der Waals surface area contributed by atoms with Crippen LogP contribution in [0.15, 0.2) is 54.9 Å². The fourth-order valence-electron chi connectivity index (χ4n) is 1.86. The van der Waals surface area contributed by atoms with Crippen LogP contribution >= 0.6 is 0 Å². The van der Waals surface area contributed by atoms with Crippen molar-refractivity contribution in [1.82, 2.24) is 9.97 Å². The molecule has 1 aromatic carbocycles. The Morgan fingerprint density at radius 3 is 2.50 bits per heavy atom. The average molecular weight is 494 g/mol. The van der Waals surface area contributed by atoms with Gasteiger partial charge in [0.25, 0.3) is 0 Å². The fourth-order valence-corrected chi connectivity index (χ4v) is 1.86. The SMILES string of the molecule is CC(=O)c1ccc[n-]1.Cc1ccc(-c2ccccn2)[c-]c1C#N.[Ir]. The molecule has 0 bridgehead atoms. The van der Waals surface area contributed by atoms with E-state index in [0.717, 1.165) is 16.8 Å². The van der Waals surface area contributed by atoms with E-state index in [0.29, 0.717) is 11.3 Å². The van der Waals surface area contributed by atoms with Crippen LogP contribution in [-0.4, -0.2) is 10.8 Å². The second kappa shape index (κ2) is 9.57. The monoisotopic (exact) mass is 494 g/mol. The van der Waals surface area contributed by atoms with Crippen molar-refractivity contribution in [3.05, 3.63) is 77.7 Å². The summed E-state index contributed by atoms with van der Waals surface area (Å²) in [5.74, 6) is 0.0231. The number of benzene rings is 1. The van der Waals surface area contributed by atoms with E-state index >= 15 is 0 Å². The normalized spacial score (nSPS) is 9.04. The molecule has 0 unspecified atom stereocenters. The van der Waals surface area contributed by atoms with Gasteiger partial charge in [0.15, 0.2) is 0 Å². The number of carbonyl (C=O) groups is 1. The summed E-state index contributed by atoms with van der Waals surface area (Å²) in [7, 11) is 0. The molecular weight excluding hydrogens is 478 g/mol. The Morgan fingerprint density at radius 2 is 2.00 bits per heavy atom. The number of hydrogen-bond donors (Lipinski definition) is 0. The largest absolute Gasteiger partial charge is 0.661 e. The van der Waals surface area contributed by atoms with Crippen molar-refractivity contribution in [3.8, 4) is 17.3 Å². The van der Waals surface area contributed by atoms with Crippen molar-refractivity contribution >= 4 is 5.78 Å². The molecule has 2 heterocycles. The maximum atomic E-state index is 10.4. The Hall–Kier alpha value is -2.54. The van der Waals surface area contributed by atoms with Gasteiger partial charge in [-0.15, -0.1) is 23.8 Å². The van der Waals surface area contributed by atoms with Crippen molar-refractivity contribution in [2.45, 2.75) is 13.8 Å². The van der Waals surface area contributed by atoms with Crippen molar-refractivity contribution in [3.63, 3.8) is 0 Å². The standard InChI is InChI=1S/C13H9N2.C6H7NO.Ir/c1-10-5-6-11(8-12(10)9-14)13-4-2-3-7-15-13;1-5(8)6-3-2-4-7-6;/h2-7H,1H3;2-4H,1H3,(H,7,8);/q-1;;/p-1. The molecule has 0 aliphatic rings. The Balaban J connectivity index is 0.000000273. The zero-order chi connectivity index (χ0) is 16.7. The Kier molecular flexibility index (Phi) is 7.77. The summed E-state index contributed by atoms with van der Waals surface area (Å²) in [5, 5.41) is 8.89. The maximum absolute atomic E-state index is 10.4. The number of rotatable bonds is 2. The number of hydrogen-bond acceptors (Lipinski definition) is 3. The first-order valence-corrected chi connectivity index (χ1v) is 7.05.